The highest BCUT2D eigenvalue weighted by Gasteiger charge is 2.23. The molecule has 0 spiro atoms. The van der Waals surface area contributed by atoms with Crippen molar-refractivity contribution in [1.29, 1.82) is 0 Å². The standard InChI is InChI=1S/C31H34N4O6/c1-40-19-5-17-34(31(37)24-10-12-26(13-11-24)35(38)39)22-30(36)33(21-23-8-14-27(41-2)15-9-23)18-16-25-20-32-29-7-4-3-6-28(25)29/h3-4,6-15,20,32H,5,16-19,21-22H2,1-2H3. The number of H-pyrrole nitrogens is 1. The molecule has 41 heavy (non-hydrogen) atoms. The quantitative estimate of drug-likeness (QED) is 0.135. The molecule has 1 aromatic heterocycles. The first-order valence-corrected chi connectivity index (χ1v) is 13.4. The lowest BCUT2D eigenvalue weighted by atomic mass is 10.1. The Hall–Kier alpha value is -4.70. The Morgan fingerprint density at radius 2 is 1.66 bits per heavy atom. The lowest BCUT2D eigenvalue weighted by molar-refractivity contribution is -0.384. The highest BCUT2D eigenvalue weighted by Crippen LogP contribution is 2.20. The summed E-state index contributed by atoms with van der Waals surface area (Å²) in [5, 5.41) is 12.2. The van der Waals surface area contributed by atoms with Crippen LogP contribution in [0.15, 0.2) is 79.0 Å². The van der Waals surface area contributed by atoms with Gasteiger partial charge in [0.15, 0.2) is 0 Å². The molecule has 0 fully saturated rings. The van der Waals surface area contributed by atoms with E-state index in [1.165, 1.54) is 29.2 Å². The Balaban J connectivity index is 1.54. The number of aromatic nitrogens is 1. The number of rotatable bonds is 14. The average molecular weight is 559 g/mol. The van der Waals surface area contributed by atoms with E-state index in [0.717, 1.165) is 27.8 Å². The summed E-state index contributed by atoms with van der Waals surface area (Å²) >= 11 is 0. The van der Waals surface area contributed by atoms with E-state index in [1.807, 2.05) is 48.7 Å². The Labute approximate surface area is 238 Å². The van der Waals surface area contributed by atoms with Gasteiger partial charge in [0.2, 0.25) is 5.91 Å². The van der Waals surface area contributed by atoms with Crippen molar-refractivity contribution in [2.45, 2.75) is 19.4 Å². The molecule has 0 radical (unpaired) electrons. The van der Waals surface area contributed by atoms with E-state index in [-0.39, 0.29) is 29.6 Å². The number of hydrogen-bond donors (Lipinski definition) is 1. The highest BCUT2D eigenvalue weighted by molar-refractivity contribution is 5.96. The van der Waals surface area contributed by atoms with Gasteiger partial charge in [0, 0.05) is 68.1 Å². The van der Waals surface area contributed by atoms with E-state index in [2.05, 4.69) is 11.1 Å². The molecule has 0 aliphatic rings. The fourth-order valence-electron chi connectivity index (χ4n) is 4.66. The highest BCUT2D eigenvalue weighted by atomic mass is 16.6. The van der Waals surface area contributed by atoms with Crippen LogP contribution < -0.4 is 4.74 Å². The molecule has 214 valence electrons. The number of carbonyl (C=O) groups excluding carboxylic acids is 2. The molecule has 0 aliphatic heterocycles. The second-order valence-electron chi connectivity index (χ2n) is 9.65. The van der Waals surface area contributed by atoms with Crippen LogP contribution in [0.25, 0.3) is 10.9 Å². The maximum atomic E-state index is 13.8. The second-order valence-corrected chi connectivity index (χ2v) is 9.65. The molecule has 1 N–H and O–H groups in total. The van der Waals surface area contributed by atoms with Gasteiger partial charge in [-0.25, -0.2) is 0 Å². The topological polar surface area (TPSA) is 118 Å². The van der Waals surface area contributed by atoms with Crippen LogP contribution >= 0.6 is 0 Å². The summed E-state index contributed by atoms with van der Waals surface area (Å²) in [6, 6.07) is 21.0. The number of methoxy groups -OCH3 is 2. The summed E-state index contributed by atoms with van der Waals surface area (Å²) in [4.78, 5) is 44.3. The predicted molar refractivity (Wildman–Crippen MR) is 156 cm³/mol. The van der Waals surface area contributed by atoms with Crippen LogP contribution in [0.5, 0.6) is 5.75 Å². The molecule has 0 unspecified atom stereocenters. The van der Waals surface area contributed by atoms with Gasteiger partial charge < -0.3 is 24.3 Å². The van der Waals surface area contributed by atoms with Gasteiger partial charge in [0.25, 0.3) is 11.6 Å². The Bertz CT molecular complexity index is 1470. The van der Waals surface area contributed by atoms with Crippen molar-refractivity contribution in [3.05, 3.63) is 106 Å². The zero-order valence-corrected chi connectivity index (χ0v) is 23.2. The summed E-state index contributed by atoms with van der Waals surface area (Å²) in [6.07, 6.45) is 3.14. The molecule has 10 heteroatoms. The predicted octanol–water partition coefficient (Wildman–Crippen LogP) is 4.83. The van der Waals surface area contributed by atoms with Crippen LogP contribution in [-0.4, -0.2) is 72.0 Å². The van der Waals surface area contributed by atoms with Gasteiger partial charge in [-0.3, -0.25) is 19.7 Å². The summed E-state index contributed by atoms with van der Waals surface area (Å²) in [7, 11) is 3.18. The molecule has 0 atom stereocenters. The van der Waals surface area contributed by atoms with Crippen LogP contribution in [0.4, 0.5) is 5.69 Å². The van der Waals surface area contributed by atoms with Gasteiger partial charge in [-0.1, -0.05) is 30.3 Å². The molecule has 1 heterocycles. The van der Waals surface area contributed by atoms with Crippen LogP contribution in [-0.2, 0) is 22.5 Å². The minimum Gasteiger partial charge on any atom is -0.497 e. The second kappa shape index (κ2) is 14.1. The van der Waals surface area contributed by atoms with Crippen molar-refractivity contribution < 1.29 is 24.0 Å². The lowest BCUT2D eigenvalue weighted by Gasteiger charge is -2.28. The Morgan fingerprint density at radius 3 is 2.34 bits per heavy atom. The largest absolute Gasteiger partial charge is 0.497 e. The number of carbonyl (C=O) groups is 2. The number of non-ortho nitro benzene ring substituents is 1. The Kier molecular flexibility index (Phi) is 10.1. The molecular weight excluding hydrogens is 524 g/mol. The SMILES string of the molecule is COCCCN(CC(=O)N(CCc1c[nH]c2ccccc12)Cc1ccc(OC)cc1)C(=O)c1ccc([N+](=O)[O-])cc1. The van der Waals surface area contributed by atoms with E-state index in [4.69, 9.17) is 9.47 Å². The van der Waals surface area contributed by atoms with E-state index in [9.17, 15) is 19.7 Å². The number of benzene rings is 3. The van der Waals surface area contributed by atoms with Gasteiger partial charge in [0.1, 0.15) is 12.3 Å². The number of nitro groups is 1. The van der Waals surface area contributed by atoms with Crippen molar-refractivity contribution >= 4 is 28.4 Å². The molecular formula is C31H34N4O6. The number of para-hydroxylation sites is 1. The third-order valence-electron chi connectivity index (χ3n) is 6.93. The first kappa shape index (κ1) is 29.3. The average Bonchev–Trinajstić information content (AvgIpc) is 3.41. The summed E-state index contributed by atoms with van der Waals surface area (Å²) in [5.74, 6) is 0.155. The molecule has 10 nitrogen and oxygen atoms in total. The van der Waals surface area contributed by atoms with Crippen molar-refractivity contribution in [3.8, 4) is 5.75 Å². The molecule has 0 saturated heterocycles. The van der Waals surface area contributed by atoms with Crippen LogP contribution in [0.3, 0.4) is 0 Å². The zero-order chi connectivity index (χ0) is 29.2. The zero-order valence-electron chi connectivity index (χ0n) is 23.2. The lowest BCUT2D eigenvalue weighted by Crippen LogP contribution is -2.44. The maximum absolute atomic E-state index is 13.8. The number of amides is 2. The number of fused-ring (bicyclic) bond motifs is 1. The fraction of sp³-hybridized carbons (Fsp3) is 0.290. The van der Waals surface area contributed by atoms with Crippen LogP contribution in [0.1, 0.15) is 27.9 Å². The monoisotopic (exact) mass is 558 g/mol. The van der Waals surface area contributed by atoms with Gasteiger partial charge in [-0.05, 0) is 54.3 Å². The molecule has 2 amide bonds. The fourth-order valence-corrected chi connectivity index (χ4v) is 4.66. The summed E-state index contributed by atoms with van der Waals surface area (Å²) in [6.45, 7) is 1.40. The summed E-state index contributed by atoms with van der Waals surface area (Å²) < 4.78 is 10.4. The van der Waals surface area contributed by atoms with Gasteiger partial charge in [-0.15, -0.1) is 0 Å². The first-order chi connectivity index (χ1) is 19.9. The van der Waals surface area contributed by atoms with Gasteiger partial charge in [-0.2, -0.15) is 0 Å². The van der Waals surface area contributed by atoms with Crippen molar-refractivity contribution in [2.75, 3.05) is 40.5 Å². The minimum atomic E-state index is -0.515. The molecule has 0 saturated carbocycles. The molecule has 3 aromatic carbocycles. The summed E-state index contributed by atoms with van der Waals surface area (Å²) in [5.41, 5.74) is 3.25. The molecule has 0 bridgehead atoms. The number of ether oxygens (including phenoxy) is 2. The number of hydrogen-bond acceptors (Lipinski definition) is 6. The third-order valence-corrected chi connectivity index (χ3v) is 6.93. The van der Waals surface area contributed by atoms with Crippen molar-refractivity contribution in [3.63, 3.8) is 0 Å². The van der Waals surface area contributed by atoms with E-state index < -0.39 is 4.92 Å². The van der Waals surface area contributed by atoms with Crippen molar-refractivity contribution in [2.24, 2.45) is 0 Å². The minimum absolute atomic E-state index is 0.105. The van der Waals surface area contributed by atoms with E-state index in [0.29, 0.717) is 39.1 Å². The molecule has 4 rings (SSSR count). The number of nitrogens with zero attached hydrogens (tertiary/aromatic N) is 3. The van der Waals surface area contributed by atoms with Gasteiger partial charge >= 0.3 is 0 Å². The smallest absolute Gasteiger partial charge is 0.269 e. The van der Waals surface area contributed by atoms with E-state index >= 15 is 0 Å². The van der Waals surface area contributed by atoms with Crippen molar-refractivity contribution in [1.82, 2.24) is 14.8 Å². The number of aromatic amines is 1. The maximum Gasteiger partial charge on any atom is 0.269 e. The Morgan fingerprint density at radius 1 is 0.927 bits per heavy atom. The van der Waals surface area contributed by atoms with E-state index in [1.54, 1.807) is 19.1 Å². The van der Waals surface area contributed by atoms with Crippen LogP contribution in [0, 0.1) is 10.1 Å². The van der Waals surface area contributed by atoms with Gasteiger partial charge in [0.05, 0.1) is 12.0 Å². The van der Waals surface area contributed by atoms with Crippen LogP contribution in [0.2, 0.25) is 0 Å². The normalized spacial score (nSPS) is 10.9. The first-order valence-electron chi connectivity index (χ1n) is 13.4. The molecule has 4 aromatic rings. The third kappa shape index (κ3) is 7.70. The molecule has 0 aliphatic carbocycles. The number of nitro benzene ring substituents is 1. The number of nitrogens with one attached hydrogen (secondary N) is 1.